The van der Waals surface area contributed by atoms with Gasteiger partial charge in [-0.15, -0.1) is 0 Å². The zero-order valence-corrected chi connectivity index (χ0v) is 14.5. The van der Waals surface area contributed by atoms with Crippen molar-refractivity contribution in [1.29, 1.82) is 0 Å². The Bertz CT molecular complexity index is 982. The molecule has 0 atom stereocenters. The van der Waals surface area contributed by atoms with Gasteiger partial charge in [-0.2, -0.15) is 5.10 Å². The van der Waals surface area contributed by atoms with Crippen molar-refractivity contribution >= 4 is 21.4 Å². The number of para-hydroxylation sites is 2. The summed E-state index contributed by atoms with van der Waals surface area (Å²) in [5, 5.41) is 4.25. The van der Waals surface area contributed by atoms with Gasteiger partial charge in [0, 0.05) is 18.9 Å². The second-order valence-corrected chi connectivity index (χ2v) is 6.94. The lowest BCUT2D eigenvalue weighted by molar-refractivity contribution is 0.415. The number of sulfonamides is 1. The van der Waals surface area contributed by atoms with Gasteiger partial charge in [-0.3, -0.25) is 4.31 Å². The molecule has 0 spiro atoms. The largest absolute Gasteiger partial charge is 0.495 e. The van der Waals surface area contributed by atoms with Crippen molar-refractivity contribution < 1.29 is 13.2 Å². The molecule has 2 heterocycles. The van der Waals surface area contributed by atoms with Gasteiger partial charge in [-0.05, 0) is 32.0 Å². The molecule has 0 unspecified atom stereocenters. The highest BCUT2D eigenvalue weighted by Crippen LogP contribution is 2.33. The fourth-order valence-electron chi connectivity index (χ4n) is 2.69. The summed E-state index contributed by atoms with van der Waals surface area (Å²) in [6, 6.07) is 8.72. The first-order valence-electron chi connectivity index (χ1n) is 7.46. The van der Waals surface area contributed by atoms with E-state index in [-0.39, 0.29) is 11.4 Å². The van der Waals surface area contributed by atoms with Gasteiger partial charge in [-0.25, -0.2) is 17.9 Å². The van der Waals surface area contributed by atoms with Crippen molar-refractivity contribution in [2.24, 2.45) is 0 Å². The van der Waals surface area contributed by atoms with Gasteiger partial charge in [0.15, 0.2) is 10.5 Å². The Morgan fingerprint density at radius 3 is 2.71 bits per heavy atom. The molecule has 2 aromatic heterocycles. The van der Waals surface area contributed by atoms with E-state index in [0.29, 0.717) is 22.8 Å². The molecule has 3 aromatic rings. The van der Waals surface area contributed by atoms with Crippen LogP contribution in [-0.4, -0.2) is 36.7 Å². The van der Waals surface area contributed by atoms with Crippen molar-refractivity contribution in [3.8, 4) is 5.75 Å². The summed E-state index contributed by atoms with van der Waals surface area (Å²) in [4.78, 5) is 4.29. The minimum atomic E-state index is -3.84. The third kappa shape index (κ3) is 2.48. The molecule has 0 amide bonds. The summed E-state index contributed by atoms with van der Waals surface area (Å²) in [7, 11) is -2.33. The van der Waals surface area contributed by atoms with Gasteiger partial charge < -0.3 is 4.74 Å². The molecule has 0 saturated heterocycles. The number of anilines is 1. The molecule has 0 N–H and O–H groups in total. The third-order valence-corrected chi connectivity index (χ3v) is 5.73. The lowest BCUT2D eigenvalue weighted by Crippen LogP contribution is -2.31. The molecule has 7 nitrogen and oxygen atoms in total. The summed E-state index contributed by atoms with van der Waals surface area (Å²) in [5.74, 6) is 0.491. The standard InChI is InChI=1S/C16H18N4O3S/c1-4-20(13-8-5-6-9-14(13)23-3)24(21,22)15-12(2)18-19-11-7-10-17-16(15)19/h5-11H,4H2,1-3H3. The number of fused-ring (bicyclic) bond motifs is 1. The van der Waals surface area contributed by atoms with Crippen LogP contribution in [0.2, 0.25) is 0 Å². The second-order valence-electron chi connectivity index (χ2n) is 5.14. The number of aromatic nitrogens is 3. The summed E-state index contributed by atoms with van der Waals surface area (Å²) in [6.07, 6.45) is 3.22. The predicted molar refractivity (Wildman–Crippen MR) is 90.9 cm³/mol. The van der Waals surface area contributed by atoms with Gasteiger partial charge in [-0.1, -0.05) is 12.1 Å². The number of benzene rings is 1. The van der Waals surface area contributed by atoms with Crippen molar-refractivity contribution in [3.05, 3.63) is 48.4 Å². The Labute approximate surface area is 140 Å². The first-order chi connectivity index (χ1) is 11.5. The van der Waals surface area contributed by atoms with Crippen LogP contribution >= 0.6 is 0 Å². The predicted octanol–water partition coefficient (Wildman–Crippen LogP) is 2.26. The fourth-order valence-corrected chi connectivity index (χ4v) is 4.45. The molecule has 0 fully saturated rings. The maximum Gasteiger partial charge on any atom is 0.270 e. The second kappa shape index (κ2) is 6.12. The number of rotatable bonds is 5. The molecule has 3 rings (SSSR count). The Balaban J connectivity index is 2.23. The molecule has 24 heavy (non-hydrogen) atoms. The minimum Gasteiger partial charge on any atom is -0.495 e. The van der Waals surface area contributed by atoms with Crippen LogP contribution in [-0.2, 0) is 10.0 Å². The smallest absolute Gasteiger partial charge is 0.270 e. The van der Waals surface area contributed by atoms with Gasteiger partial charge in [0.05, 0.1) is 18.5 Å². The third-order valence-electron chi connectivity index (χ3n) is 3.71. The average Bonchev–Trinajstić information content (AvgIpc) is 2.92. The normalized spacial score (nSPS) is 11.6. The number of aryl methyl sites for hydroxylation is 1. The summed E-state index contributed by atoms with van der Waals surface area (Å²) in [6.45, 7) is 3.70. The van der Waals surface area contributed by atoms with Crippen molar-refractivity contribution in [3.63, 3.8) is 0 Å². The molecule has 0 aliphatic rings. The topological polar surface area (TPSA) is 76.8 Å². The summed E-state index contributed by atoms with van der Waals surface area (Å²) < 4.78 is 34.7. The molecule has 0 aliphatic carbocycles. The van der Waals surface area contributed by atoms with Crippen molar-refractivity contribution in [1.82, 2.24) is 14.6 Å². The van der Waals surface area contributed by atoms with Crippen LogP contribution in [0, 0.1) is 6.92 Å². The van der Waals surface area contributed by atoms with E-state index in [1.807, 2.05) is 0 Å². The highest BCUT2D eigenvalue weighted by molar-refractivity contribution is 7.93. The van der Waals surface area contributed by atoms with E-state index in [9.17, 15) is 8.42 Å². The molecule has 0 bridgehead atoms. The molecule has 8 heteroatoms. The van der Waals surface area contributed by atoms with E-state index in [0.717, 1.165) is 0 Å². The van der Waals surface area contributed by atoms with E-state index < -0.39 is 10.0 Å². The minimum absolute atomic E-state index is 0.107. The van der Waals surface area contributed by atoms with Gasteiger partial charge in [0.2, 0.25) is 0 Å². The maximum atomic E-state index is 13.3. The number of methoxy groups -OCH3 is 1. The molecule has 0 aliphatic heterocycles. The highest BCUT2D eigenvalue weighted by atomic mass is 32.2. The maximum absolute atomic E-state index is 13.3. The van der Waals surface area contributed by atoms with Crippen LogP contribution in [0.4, 0.5) is 5.69 Å². The first kappa shape index (κ1) is 16.3. The van der Waals surface area contributed by atoms with E-state index in [1.54, 1.807) is 56.6 Å². The number of nitrogens with zero attached hydrogens (tertiary/aromatic N) is 4. The van der Waals surface area contributed by atoms with Gasteiger partial charge in [0.1, 0.15) is 5.75 Å². The van der Waals surface area contributed by atoms with Crippen LogP contribution in [0.5, 0.6) is 5.75 Å². The monoisotopic (exact) mass is 346 g/mol. The first-order valence-corrected chi connectivity index (χ1v) is 8.90. The van der Waals surface area contributed by atoms with Crippen LogP contribution < -0.4 is 9.04 Å². The lowest BCUT2D eigenvalue weighted by Gasteiger charge is -2.24. The van der Waals surface area contributed by atoms with Crippen LogP contribution in [0.1, 0.15) is 12.6 Å². The molecule has 126 valence electrons. The molecular weight excluding hydrogens is 328 g/mol. The zero-order chi connectivity index (χ0) is 17.3. The van der Waals surface area contributed by atoms with E-state index >= 15 is 0 Å². The average molecular weight is 346 g/mol. The quantitative estimate of drug-likeness (QED) is 0.708. The molecule has 1 aromatic carbocycles. The highest BCUT2D eigenvalue weighted by Gasteiger charge is 2.31. The number of hydrogen-bond acceptors (Lipinski definition) is 5. The van der Waals surface area contributed by atoms with Crippen LogP contribution in [0.3, 0.4) is 0 Å². The Hall–Kier alpha value is -2.61. The van der Waals surface area contributed by atoms with Crippen molar-refractivity contribution in [2.75, 3.05) is 18.0 Å². The van der Waals surface area contributed by atoms with Crippen LogP contribution in [0.15, 0.2) is 47.6 Å². The van der Waals surface area contributed by atoms with E-state index in [4.69, 9.17) is 4.74 Å². The lowest BCUT2D eigenvalue weighted by atomic mass is 10.3. The summed E-state index contributed by atoms with van der Waals surface area (Å²) >= 11 is 0. The van der Waals surface area contributed by atoms with Crippen molar-refractivity contribution in [2.45, 2.75) is 18.7 Å². The fraction of sp³-hybridized carbons (Fsp3) is 0.250. The number of hydrogen-bond donors (Lipinski definition) is 0. The van der Waals surface area contributed by atoms with Gasteiger partial charge >= 0.3 is 0 Å². The Kier molecular flexibility index (Phi) is 4.15. The van der Waals surface area contributed by atoms with E-state index in [1.165, 1.54) is 15.9 Å². The van der Waals surface area contributed by atoms with Gasteiger partial charge in [0.25, 0.3) is 10.0 Å². The molecular formula is C16H18N4O3S. The molecule has 0 radical (unpaired) electrons. The Morgan fingerprint density at radius 2 is 2.00 bits per heavy atom. The molecule has 0 saturated carbocycles. The van der Waals surface area contributed by atoms with E-state index in [2.05, 4.69) is 10.1 Å². The van der Waals surface area contributed by atoms with Crippen LogP contribution in [0.25, 0.3) is 5.65 Å². The number of ether oxygens (including phenoxy) is 1. The SMILES string of the molecule is CCN(c1ccccc1OC)S(=O)(=O)c1c(C)nn2cccnc12. The zero-order valence-electron chi connectivity index (χ0n) is 13.7. The Morgan fingerprint density at radius 1 is 1.25 bits per heavy atom. The summed E-state index contributed by atoms with van der Waals surface area (Å²) in [5.41, 5.74) is 1.20.